The number of anilines is 1. The lowest BCUT2D eigenvalue weighted by Gasteiger charge is -2.16. The molecule has 1 fully saturated rings. The minimum atomic E-state index is -1.02. The van der Waals surface area contributed by atoms with Crippen LogP contribution in [-0.4, -0.2) is 46.2 Å². The third-order valence-electron chi connectivity index (χ3n) is 6.48. The smallest absolute Gasteiger partial charge is 0.335 e. The first-order valence-electron chi connectivity index (χ1n) is 13.9. The Labute approximate surface area is 272 Å². The van der Waals surface area contributed by atoms with Crippen LogP contribution in [0.5, 0.6) is 11.5 Å². The van der Waals surface area contributed by atoms with Crippen molar-refractivity contribution in [2.45, 2.75) is 13.5 Å². The lowest BCUT2D eigenvalue weighted by atomic mass is 10.1. The summed E-state index contributed by atoms with van der Waals surface area (Å²) < 4.78 is 12.3. The molecule has 2 N–H and O–H groups in total. The van der Waals surface area contributed by atoms with Crippen LogP contribution in [0.4, 0.5) is 11.4 Å². The minimum absolute atomic E-state index is 0.166. The van der Waals surface area contributed by atoms with Crippen LogP contribution in [0.15, 0.2) is 111 Å². The molecule has 1 aliphatic heterocycles. The van der Waals surface area contributed by atoms with Crippen molar-refractivity contribution in [1.82, 2.24) is 4.90 Å². The Morgan fingerprint density at radius 2 is 1.62 bits per heavy atom. The highest BCUT2D eigenvalue weighted by Crippen LogP contribution is 2.39. The summed E-state index contributed by atoms with van der Waals surface area (Å²) in [6.45, 7) is 2.19. The Morgan fingerprint density at radius 1 is 0.956 bits per heavy atom. The summed E-state index contributed by atoms with van der Waals surface area (Å²) >= 11 is 4.82. The van der Waals surface area contributed by atoms with Crippen molar-refractivity contribution in [2.24, 2.45) is 4.99 Å². The van der Waals surface area contributed by atoms with Gasteiger partial charge < -0.3 is 19.9 Å². The van der Waals surface area contributed by atoms with Crippen LogP contribution in [0.3, 0.4) is 0 Å². The molecule has 0 atom stereocenters. The molecule has 1 aliphatic rings. The van der Waals surface area contributed by atoms with E-state index >= 15 is 0 Å². The zero-order valence-electron chi connectivity index (χ0n) is 24.1. The van der Waals surface area contributed by atoms with Crippen molar-refractivity contribution < 1.29 is 29.0 Å². The fourth-order valence-corrected chi connectivity index (χ4v) is 5.75. The highest BCUT2D eigenvalue weighted by Gasteiger charge is 2.34. The highest BCUT2D eigenvalue weighted by molar-refractivity contribution is 9.10. The van der Waals surface area contributed by atoms with E-state index in [1.165, 1.54) is 23.9 Å². The van der Waals surface area contributed by atoms with Crippen molar-refractivity contribution in [3.05, 3.63) is 123 Å². The van der Waals surface area contributed by atoms with Crippen LogP contribution in [0.1, 0.15) is 28.4 Å². The molecular formula is C34H28BrN3O6S. The van der Waals surface area contributed by atoms with Crippen LogP contribution < -0.4 is 14.8 Å². The van der Waals surface area contributed by atoms with E-state index in [-0.39, 0.29) is 30.5 Å². The van der Waals surface area contributed by atoms with Crippen molar-refractivity contribution >= 4 is 68.1 Å². The van der Waals surface area contributed by atoms with E-state index in [4.69, 9.17) is 14.5 Å². The lowest BCUT2D eigenvalue weighted by Crippen LogP contribution is -2.28. The van der Waals surface area contributed by atoms with Crippen LogP contribution in [0, 0.1) is 0 Å². The molecule has 4 aromatic carbocycles. The first-order chi connectivity index (χ1) is 21.8. The first kappa shape index (κ1) is 31.6. The van der Waals surface area contributed by atoms with Gasteiger partial charge in [0.25, 0.3) is 11.8 Å². The van der Waals surface area contributed by atoms with E-state index in [1.54, 1.807) is 47.4 Å². The van der Waals surface area contributed by atoms with Crippen LogP contribution in [0.2, 0.25) is 0 Å². The van der Waals surface area contributed by atoms with Gasteiger partial charge in [0, 0.05) is 10.2 Å². The summed E-state index contributed by atoms with van der Waals surface area (Å²) in [7, 11) is 0. The maximum absolute atomic E-state index is 13.8. The maximum Gasteiger partial charge on any atom is 0.335 e. The molecular weight excluding hydrogens is 658 g/mol. The van der Waals surface area contributed by atoms with Gasteiger partial charge in [-0.15, -0.1) is 0 Å². The number of aromatic carboxylic acids is 1. The predicted molar refractivity (Wildman–Crippen MR) is 179 cm³/mol. The molecule has 0 aliphatic carbocycles. The van der Waals surface area contributed by atoms with E-state index in [0.29, 0.717) is 49.6 Å². The molecule has 11 heteroatoms. The second-order valence-electron chi connectivity index (χ2n) is 9.69. The van der Waals surface area contributed by atoms with Gasteiger partial charge in [-0.2, -0.15) is 0 Å². The number of amidine groups is 1. The van der Waals surface area contributed by atoms with Gasteiger partial charge in [0.1, 0.15) is 0 Å². The van der Waals surface area contributed by atoms with E-state index in [2.05, 4.69) is 21.2 Å². The number of carbonyl (C=O) groups is 3. The summed E-state index contributed by atoms with van der Waals surface area (Å²) in [6.07, 6.45) is 1.75. The largest absolute Gasteiger partial charge is 0.490 e. The van der Waals surface area contributed by atoms with Crippen molar-refractivity contribution in [2.75, 3.05) is 18.5 Å². The molecule has 0 spiro atoms. The normalized spacial score (nSPS) is 14.5. The Kier molecular flexibility index (Phi) is 10.3. The molecule has 228 valence electrons. The number of carbonyl (C=O) groups excluding carboxylic acids is 2. The number of aliphatic imine (C=N–C) groups is 1. The summed E-state index contributed by atoms with van der Waals surface area (Å²) in [6, 6.07) is 28.3. The Morgan fingerprint density at radius 3 is 2.29 bits per heavy atom. The number of para-hydroxylation sites is 2. The van der Waals surface area contributed by atoms with Gasteiger partial charge in [0.05, 0.1) is 29.3 Å². The van der Waals surface area contributed by atoms with Gasteiger partial charge in [0.2, 0.25) is 0 Å². The fourth-order valence-electron chi connectivity index (χ4n) is 4.32. The summed E-state index contributed by atoms with van der Waals surface area (Å²) in [5.41, 5.74) is 2.95. The van der Waals surface area contributed by atoms with E-state index in [9.17, 15) is 19.5 Å². The quantitative estimate of drug-likeness (QED) is 0.158. The zero-order valence-corrected chi connectivity index (χ0v) is 26.5. The number of ether oxygens (including phenoxy) is 2. The topological polar surface area (TPSA) is 118 Å². The van der Waals surface area contributed by atoms with Crippen LogP contribution in [-0.2, 0) is 16.1 Å². The summed E-state index contributed by atoms with van der Waals surface area (Å²) in [4.78, 5) is 44.2. The minimum Gasteiger partial charge on any atom is -0.490 e. The third kappa shape index (κ3) is 8.20. The average molecular weight is 687 g/mol. The van der Waals surface area contributed by atoms with Crippen molar-refractivity contribution in [3.8, 4) is 11.5 Å². The number of benzene rings is 4. The van der Waals surface area contributed by atoms with E-state index < -0.39 is 5.97 Å². The average Bonchev–Trinajstić information content (AvgIpc) is 3.32. The second kappa shape index (κ2) is 14.7. The molecule has 45 heavy (non-hydrogen) atoms. The number of amides is 2. The first-order valence-corrected chi connectivity index (χ1v) is 15.5. The SMILES string of the molecule is CCOc1cc(/C=C2\SC(=Nc3ccccc3)N(Cc3ccc(C(=O)O)cc3)C2=O)c(Br)cc1OCC(=O)Nc1ccccc1. The monoisotopic (exact) mass is 685 g/mol. The molecule has 5 rings (SSSR count). The van der Waals surface area contributed by atoms with Gasteiger partial charge in [-0.25, -0.2) is 9.79 Å². The van der Waals surface area contributed by atoms with Crippen LogP contribution in [0.25, 0.3) is 6.08 Å². The zero-order chi connectivity index (χ0) is 31.8. The Hall–Kier alpha value is -4.87. The van der Waals surface area contributed by atoms with Gasteiger partial charge in [-0.1, -0.05) is 64.5 Å². The molecule has 1 saturated heterocycles. The van der Waals surface area contributed by atoms with Gasteiger partial charge >= 0.3 is 5.97 Å². The molecule has 9 nitrogen and oxygen atoms in total. The molecule has 0 aromatic heterocycles. The van der Waals surface area contributed by atoms with E-state index in [1.807, 2.05) is 55.5 Å². The number of carboxylic acids is 1. The Balaban J connectivity index is 1.40. The standard InChI is InChI=1S/C34H28BrN3O6S/c1-2-43-28-17-24(27(35)19-29(28)44-21-31(39)36-25-9-5-3-6-10-25)18-30-32(40)38(20-22-13-15-23(16-14-22)33(41)42)34(45-30)37-26-11-7-4-8-12-26/h3-19H,2,20-21H2,1H3,(H,36,39)(H,41,42)/b30-18-,37-34?. The molecule has 4 aromatic rings. The highest BCUT2D eigenvalue weighted by atomic mass is 79.9. The third-order valence-corrected chi connectivity index (χ3v) is 8.17. The molecule has 0 saturated carbocycles. The number of halogens is 1. The fraction of sp³-hybridized carbons (Fsp3) is 0.118. The number of nitrogens with zero attached hydrogens (tertiary/aromatic N) is 2. The molecule has 1 heterocycles. The van der Waals surface area contributed by atoms with Gasteiger partial charge in [0.15, 0.2) is 23.3 Å². The lowest BCUT2D eigenvalue weighted by molar-refractivity contribution is -0.122. The Bertz CT molecular complexity index is 1760. The van der Waals surface area contributed by atoms with Crippen LogP contribution >= 0.6 is 27.7 Å². The molecule has 0 unspecified atom stereocenters. The number of nitrogens with one attached hydrogen (secondary N) is 1. The second-order valence-corrected chi connectivity index (χ2v) is 11.6. The van der Waals surface area contributed by atoms with Crippen molar-refractivity contribution in [3.63, 3.8) is 0 Å². The molecule has 2 amide bonds. The number of hydrogen-bond donors (Lipinski definition) is 2. The number of thioether (sulfide) groups is 1. The van der Waals surface area contributed by atoms with Crippen molar-refractivity contribution in [1.29, 1.82) is 0 Å². The molecule has 0 radical (unpaired) electrons. The van der Waals surface area contributed by atoms with Gasteiger partial charge in [-0.3, -0.25) is 14.5 Å². The summed E-state index contributed by atoms with van der Waals surface area (Å²) in [5.74, 6) is -0.794. The molecule has 0 bridgehead atoms. The summed E-state index contributed by atoms with van der Waals surface area (Å²) in [5, 5.41) is 12.5. The van der Waals surface area contributed by atoms with E-state index in [0.717, 1.165) is 5.56 Å². The number of hydrogen-bond acceptors (Lipinski definition) is 7. The van der Waals surface area contributed by atoms with Gasteiger partial charge in [-0.05, 0) is 84.4 Å². The maximum atomic E-state index is 13.8. The number of carboxylic acid groups (broad SMARTS) is 1. The number of rotatable bonds is 11. The predicted octanol–water partition coefficient (Wildman–Crippen LogP) is 7.37.